The molecule has 0 radical (unpaired) electrons. The molecule has 1 unspecified atom stereocenters. The molecular formula is C32H35NO4S. The molecule has 0 aliphatic carbocycles. The van der Waals surface area contributed by atoms with Crippen molar-refractivity contribution in [1.82, 2.24) is 5.32 Å². The van der Waals surface area contributed by atoms with Gasteiger partial charge in [-0.3, -0.25) is 0 Å². The third kappa shape index (κ3) is 7.68. The van der Waals surface area contributed by atoms with Crippen LogP contribution in [0.1, 0.15) is 48.4 Å². The standard InChI is InChI=1S/C32H35NO4S/c1-22(29-10-6-7-11-30(29)38-28-16-14-25(15-17-28)31(35)36)37-21-27(34)20-33-32(2,3)19-23-12-13-24-8-4-5-9-26(24)18-23/h4-18,22,27,33-34H,19-21H2,1-3H3,(H,35,36)/t22?,27-/m0/s1. The van der Waals surface area contributed by atoms with Crippen LogP contribution in [0.15, 0.2) is 101 Å². The third-order valence-corrected chi connectivity index (χ3v) is 7.60. The minimum atomic E-state index is -0.936. The number of β-amino-alcohol motifs (C(OH)–C–C–N with tert-alkyl or cyclic N) is 1. The summed E-state index contributed by atoms with van der Waals surface area (Å²) in [4.78, 5) is 13.1. The molecular weight excluding hydrogens is 494 g/mol. The quantitative estimate of drug-likeness (QED) is 0.189. The minimum Gasteiger partial charge on any atom is -0.478 e. The Kier molecular flexibility index (Phi) is 9.23. The van der Waals surface area contributed by atoms with E-state index in [-0.39, 0.29) is 23.8 Å². The molecule has 4 aromatic carbocycles. The summed E-state index contributed by atoms with van der Waals surface area (Å²) in [6.45, 7) is 6.92. The highest BCUT2D eigenvalue weighted by Gasteiger charge is 2.20. The van der Waals surface area contributed by atoms with E-state index in [4.69, 9.17) is 9.84 Å². The summed E-state index contributed by atoms with van der Waals surface area (Å²) in [6, 6.07) is 29.8. The van der Waals surface area contributed by atoms with Crippen molar-refractivity contribution in [2.24, 2.45) is 0 Å². The first kappa shape index (κ1) is 27.9. The van der Waals surface area contributed by atoms with E-state index in [1.54, 1.807) is 23.9 Å². The lowest BCUT2D eigenvalue weighted by atomic mass is 9.93. The Bertz CT molecular complexity index is 1370. The fourth-order valence-electron chi connectivity index (χ4n) is 4.42. The van der Waals surface area contributed by atoms with E-state index in [0.29, 0.717) is 6.54 Å². The number of carboxylic acids is 1. The normalized spacial score (nSPS) is 13.4. The van der Waals surface area contributed by atoms with E-state index in [9.17, 15) is 9.90 Å². The minimum absolute atomic E-state index is 0.186. The highest BCUT2D eigenvalue weighted by Crippen LogP contribution is 2.34. The van der Waals surface area contributed by atoms with Crippen molar-refractivity contribution < 1.29 is 19.7 Å². The number of carboxylic acid groups (broad SMARTS) is 1. The molecule has 5 nitrogen and oxygen atoms in total. The van der Waals surface area contributed by atoms with Crippen LogP contribution < -0.4 is 5.32 Å². The highest BCUT2D eigenvalue weighted by atomic mass is 32.2. The maximum atomic E-state index is 11.1. The van der Waals surface area contributed by atoms with Crippen molar-refractivity contribution in [1.29, 1.82) is 0 Å². The molecule has 0 spiro atoms. The first-order valence-corrected chi connectivity index (χ1v) is 13.6. The lowest BCUT2D eigenvalue weighted by Gasteiger charge is -2.28. The number of rotatable bonds is 12. The lowest BCUT2D eigenvalue weighted by molar-refractivity contribution is -0.00511. The molecule has 0 heterocycles. The SMILES string of the molecule is CC(OC[C@@H](O)CNC(C)(C)Cc1ccc2ccccc2c1)c1ccccc1Sc1ccc(C(=O)O)cc1. The third-order valence-electron chi connectivity index (χ3n) is 6.50. The predicted molar refractivity (Wildman–Crippen MR) is 154 cm³/mol. The van der Waals surface area contributed by atoms with Crippen molar-refractivity contribution in [3.05, 3.63) is 108 Å². The number of hydrogen-bond acceptors (Lipinski definition) is 5. The van der Waals surface area contributed by atoms with E-state index in [1.807, 2.05) is 43.3 Å². The van der Waals surface area contributed by atoms with E-state index in [1.165, 1.54) is 16.3 Å². The number of fused-ring (bicyclic) bond motifs is 1. The van der Waals surface area contributed by atoms with Crippen molar-refractivity contribution in [2.75, 3.05) is 13.2 Å². The van der Waals surface area contributed by atoms with Crippen LogP contribution in [0.3, 0.4) is 0 Å². The van der Waals surface area contributed by atoms with E-state index >= 15 is 0 Å². The molecule has 0 amide bonds. The summed E-state index contributed by atoms with van der Waals surface area (Å²) in [5.41, 5.74) is 2.36. The van der Waals surface area contributed by atoms with Gasteiger partial charge in [-0.1, -0.05) is 72.4 Å². The molecule has 0 aliphatic heterocycles. The van der Waals surface area contributed by atoms with Gasteiger partial charge in [-0.15, -0.1) is 0 Å². The van der Waals surface area contributed by atoms with Crippen LogP contribution in [0.4, 0.5) is 0 Å². The van der Waals surface area contributed by atoms with Crippen LogP contribution in [-0.2, 0) is 11.2 Å². The van der Waals surface area contributed by atoms with Gasteiger partial charge in [0.2, 0.25) is 0 Å². The molecule has 0 bridgehead atoms. The second-order valence-corrected chi connectivity index (χ2v) is 11.3. The molecule has 6 heteroatoms. The number of aliphatic hydroxyl groups excluding tert-OH is 1. The van der Waals surface area contributed by atoms with Gasteiger partial charge in [0.05, 0.1) is 24.4 Å². The van der Waals surface area contributed by atoms with Gasteiger partial charge >= 0.3 is 5.97 Å². The van der Waals surface area contributed by atoms with Gasteiger partial charge in [0, 0.05) is 21.9 Å². The Morgan fingerprint density at radius 3 is 2.37 bits per heavy atom. The Morgan fingerprint density at radius 1 is 0.947 bits per heavy atom. The van der Waals surface area contributed by atoms with Crippen LogP contribution in [0.25, 0.3) is 10.8 Å². The zero-order valence-electron chi connectivity index (χ0n) is 22.1. The zero-order valence-corrected chi connectivity index (χ0v) is 22.9. The number of benzene rings is 4. The van der Waals surface area contributed by atoms with Crippen LogP contribution in [0.5, 0.6) is 0 Å². The number of carbonyl (C=O) groups is 1. The molecule has 38 heavy (non-hydrogen) atoms. The first-order valence-electron chi connectivity index (χ1n) is 12.8. The number of aromatic carboxylic acids is 1. The molecule has 0 saturated carbocycles. The maximum Gasteiger partial charge on any atom is 0.335 e. The highest BCUT2D eigenvalue weighted by molar-refractivity contribution is 7.99. The van der Waals surface area contributed by atoms with Crippen LogP contribution >= 0.6 is 11.8 Å². The fourth-order valence-corrected chi connectivity index (χ4v) is 5.45. The van der Waals surface area contributed by atoms with Crippen LogP contribution in [0, 0.1) is 0 Å². The summed E-state index contributed by atoms with van der Waals surface area (Å²) in [5.74, 6) is -0.936. The van der Waals surface area contributed by atoms with E-state index in [2.05, 4.69) is 61.6 Å². The number of ether oxygens (including phenoxy) is 1. The maximum absolute atomic E-state index is 11.1. The smallest absolute Gasteiger partial charge is 0.335 e. The number of nitrogens with one attached hydrogen (secondary N) is 1. The molecule has 3 N–H and O–H groups in total. The lowest BCUT2D eigenvalue weighted by Crippen LogP contribution is -2.46. The largest absolute Gasteiger partial charge is 0.478 e. The Morgan fingerprint density at radius 2 is 1.63 bits per heavy atom. The second-order valence-electron chi connectivity index (χ2n) is 10.2. The van der Waals surface area contributed by atoms with E-state index in [0.717, 1.165) is 21.8 Å². The first-order chi connectivity index (χ1) is 18.2. The molecule has 0 aromatic heterocycles. The average Bonchev–Trinajstić information content (AvgIpc) is 2.91. The summed E-state index contributed by atoms with van der Waals surface area (Å²) in [5, 5.41) is 25.7. The molecule has 2 atom stereocenters. The summed E-state index contributed by atoms with van der Waals surface area (Å²) in [6.07, 6.45) is -0.00573. The van der Waals surface area contributed by atoms with Crippen molar-refractivity contribution >= 4 is 28.5 Å². The van der Waals surface area contributed by atoms with Crippen LogP contribution in [0.2, 0.25) is 0 Å². The molecule has 198 valence electrons. The summed E-state index contributed by atoms with van der Waals surface area (Å²) < 4.78 is 6.07. The molecule has 0 saturated heterocycles. The topological polar surface area (TPSA) is 78.8 Å². The Balaban J connectivity index is 1.29. The van der Waals surface area contributed by atoms with Gasteiger partial charge in [0.25, 0.3) is 0 Å². The molecule has 4 rings (SSSR count). The fraction of sp³-hybridized carbons (Fsp3) is 0.281. The van der Waals surface area contributed by atoms with Crippen molar-refractivity contribution in [3.63, 3.8) is 0 Å². The van der Waals surface area contributed by atoms with Crippen LogP contribution in [-0.4, -0.2) is 41.0 Å². The molecule has 4 aromatic rings. The number of hydrogen-bond donors (Lipinski definition) is 3. The Labute approximate surface area is 228 Å². The van der Waals surface area contributed by atoms with Gasteiger partial charge in [-0.05, 0) is 79.4 Å². The van der Waals surface area contributed by atoms with Gasteiger partial charge in [-0.2, -0.15) is 0 Å². The summed E-state index contributed by atoms with van der Waals surface area (Å²) >= 11 is 1.56. The Hall–Kier alpha value is -3.16. The predicted octanol–water partition coefficient (Wildman–Crippen LogP) is 6.74. The average molecular weight is 530 g/mol. The van der Waals surface area contributed by atoms with Gasteiger partial charge in [0.15, 0.2) is 0 Å². The summed E-state index contributed by atoms with van der Waals surface area (Å²) in [7, 11) is 0. The van der Waals surface area contributed by atoms with Gasteiger partial charge < -0.3 is 20.3 Å². The van der Waals surface area contributed by atoms with E-state index < -0.39 is 12.1 Å². The zero-order chi connectivity index (χ0) is 27.1. The van der Waals surface area contributed by atoms with Crippen molar-refractivity contribution in [3.8, 4) is 0 Å². The van der Waals surface area contributed by atoms with Crippen molar-refractivity contribution in [2.45, 2.75) is 54.7 Å². The second kappa shape index (κ2) is 12.6. The molecule has 0 aliphatic rings. The number of aliphatic hydroxyl groups is 1. The monoisotopic (exact) mass is 529 g/mol. The van der Waals surface area contributed by atoms with Gasteiger partial charge in [0.1, 0.15) is 0 Å². The van der Waals surface area contributed by atoms with Gasteiger partial charge in [-0.25, -0.2) is 4.79 Å². The molecule has 0 fully saturated rings.